The van der Waals surface area contributed by atoms with Crippen molar-refractivity contribution in [2.45, 2.75) is 39.5 Å². The summed E-state index contributed by atoms with van der Waals surface area (Å²) in [6, 6.07) is 5.25. The van der Waals surface area contributed by atoms with Crippen LogP contribution < -0.4 is 0 Å². The van der Waals surface area contributed by atoms with E-state index in [4.69, 9.17) is 0 Å². The van der Waals surface area contributed by atoms with E-state index in [1.165, 1.54) is 0 Å². The third-order valence-electron chi connectivity index (χ3n) is 2.84. The number of ketones is 1. The molecule has 1 aromatic carbocycles. The molecule has 1 aromatic rings. The third kappa shape index (κ3) is 3.42. The predicted molar refractivity (Wildman–Crippen MR) is 72.4 cm³/mol. The monoisotopic (exact) mass is 268 g/mol. The lowest BCUT2D eigenvalue weighted by Crippen LogP contribution is -2.28. The van der Waals surface area contributed by atoms with Gasteiger partial charge >= 0.3 is 0 Å². The highest BCUT2D eigenvalue weighted by Gasteiger charge is 2.28. The van der Waals surface area contributed by atoms with Crippen molar-refractivity contribution < 1.29 is 13.2 Å². The van der Waals surface area contributed by atoms with Gasteiger partial charge in [-0.05, 0) is 31.0 Å². The molecule has 0 aliphatic carbocycles. The van der Waals surface area contributed by atoms with E-state index in [-0.39, 0.29) is 10.7 Å². The van der Waals surface area contributed by atoms with Gasteiger partial charge in [0.05, 0.1) is 4.90 Å². The fourth-order valence-electron chi connectivity index (χ4n) is 1.51. The largest absolute Gasteiger partial charge is 0.298 e. The minimum Gasteiger partial charge on any atom is -0.298 e. The Hall–Kier alpha value is -1.16. The fourth-order valence-corrected chi connectivity index (χ4v) is 3.37. The molecule has 0 bridgehead atoms. The van der Waals surface area contributed by atoms with E-state index in [9.17, 15) is 13.2 Å². The maximum atomic E-state index is 12.2. The van der Waals surface area contributed by atoms with Crippen LogP contribution in [0.3, 0.4) is 0 Å². The van der Waals surface area contributed by atoms with E-state index in [2.05, 4.69) is 0 Å². The van der Waals surface area contributed by atoms with E-state index in [1.807, 2.05) is 13.0 Å². The minimum absolute atomic E-state index is 0.261. The summed E-state index contributed by atoms with van der Waals surface area (Å²) in [5.41, 5.74) is 0.926. The molecule has 0 atom stereocenters. The lowest BCUT2D eigenvalue weighted by molar-refractivity contribution is -0.123. The Morgan fingerprint density at radius 3 is 2.22 bits per heavy atom. The molecule has 0 aromatic heterocycles. The third-order valence-corrected chi connectivity index (χ3v) is 4.59. The Kier molecular flexibility index (Phi) is 4.01. The van der Waals surface area contributed by atoms with Crippen molar-refractivity contribution in [3.8, 4) is 0 Å². The van der Waals surface area contributed by atoms with Gasteiger partial charge < -0.3 is 0 Å². The van der Waals surface area contributed by atoms with E-state index in [1.54, 1.807) is 39.8 Å². The SMILES string of the molecule is Cc1ccc(C)c(S(=O)(=O)CC(=O)C(C)(C)C)c1. The summed E-state index contributed by atoms with van der Waals surface area (Å²) in [6.07, 6.45) is 0. The number of hydrogen-bond donors (Lipinski definition) is 0. The molecule has 0 saturated carbocycles. The molecule has 0 fully saturated rings. The van der Waals surface area contributed by atoms with Crippen molar-refractivity contribution >= 4 is 15.6 Å². The number of carbonyl (C=O) groups is 1. The lowest BCUT2D eigenvalue weighted by Gasteiger charge is -2.17. The summed E-state index contributed by atoms with van der Waals surface area (Å²) < 4.78 is 24.5. The van der Waals surface area contributed by atoms with Crippen molar-refractivity contribution in [1.29, 1.82) is 0 Å². The number of hydrogen-bond acceptors (Lipinski definition) is 3. The second-order valence-corrected chi connectivity index (χ2v) is 7.66. The van der Waals surface area contributed by atoms with Crippen LogP contribution >= 0.6 is 0 Å². The van der Waals surface area contributed by atoms with E-state index < -0.39 is 21.0 Å². The zero-order valence-electron chi connectivity index (χ0n) is 11.6. The van der Waals surface area contributed by atoms with E-state index in [0.29, 0.717) is 5.56 Å². The first-order valence-corrected chi connectivity index (χ1v) is 7.52. The topological polar surface area (TPSA) is 51.2 Å². The van der Waals surface area contributed by atoms with Crippen LogP contribution in [-0.2, 0) is 14.6 Å². The van der Waals surface area contributed by atoms with Crippen LogP contribution in [0.4, 0.5) is 0 Å². The van der Waals surface area contributed by atoms with Gasteiger partial charge in [0.25, 0.3) is 0 Å². The van der Waals surface area contributed by atoms with E-state index in [0.717, 1.165) is 5.56 Å². The first kappa shape index (κ1) is 14.9. The molecule has 0 radical (unpaired) electrons. The van der Waals surface area contributed by atoms with Crippen LogP contribution in [0.1, 0.15) is 31.9 Å². The van der Waals surface area contributed by atoms with Crippen LogP contribution in [0.5, 0.6) is 0 Å². The summed E-state index contributed by atoms with van der Waals surface area (Å²) in [5, 5.41) is 0. The molecule has 0 N–H and O–H groups in total. The second kappa shape index (κ2) is 4.84. The van der Waals surface area contributed by atoms with Crippen LogP contribution in [0.25, 0.3) is 0 Å². The van der Waals surface area contributed by atoms with Crippen molar-refractivity contribution in [3.05, 3.63) is 29.3 Å². The molecule has 0 heterocycles. The maximum Gasteiger partial charge on any atom is 0.185 e. The number of aryl methyl sites for hydroxylation is 2. The highest BCUT2D eigenvalue weighted by atomic mass is 32.2. The van der Waals surface area contributed by atoms with Gasteiger partial charge in [-0.15, -0.1) is 0 Å². The summed E-state index contributed by atoms with van der Waals surface area (Å²) in [4.78, 5) is 12.1. The Balaban J connectivity index is 3.16. The van der Waals surface area contributed by atoms with Gasteiger partial charge in [0.15, 0.2) is 15.6 Å². The van der Waals surface area contributed by atoms with Gasteiger partial charge in [0.1, 0.15) is 5.75 Å². The number of carbonyl (C=O) groups excluding carboxylic acids is 1. The number of benzene rings is 1. The van der Waals surface area contributed by atoms with Crippen molar-refractivity contribution in [3.63, 3.8) is 0 Å². The fraction of sp³-hybridized carbons (Fsp3) is 0.500. The minimum atomic E-state index is -3.55. The first-order valence-electron chi connectivity index (χ1n) is 5.87. The highest BCUT2D eigenvalue weighted by Crippen LogP contribution is 2.22. The Bertz CT molecular complexity index is 563. The van der Waals surface area contributed by atoms with Crippen molar-refractivity contribution in [2.24, 2.45) is 5.41 Å². The second-order valence-electron chi connectivity index (χ2n) is 5.70. The van der Waals surface area contributed by atoms with Gasteiger partial charge in [-0.2, -0.15) is 0 Å². The van der Waals surface area contributed by atoms with Gasteiger partial charge in [0, 0.05) is 5.41 Å². The van der Waals surface area contributed by atoms with Crippen molar-refractivity contribution in [2.75, 3.05) is 5.75 Å². The number of Topliss-reactive ketones (excluding diaryl/α,β-unsaturated/α-hetero) is 1. The van der Waals surface area contributed by atoms with Crippen LogP contribution in [0.15, 0.2) is 23.1 Å². The Labute approximate surface area is 109 Å². The molecule has 0 unspecified atom stereocenters. The molecule has 4 heteroatoms. The predicted octanol–water partition coefficient (Wildman–Crippen LogP) is 2.69. The highest BCUT2D eigenvalue weighted by molar-refractivity contribution is 7.92. The van der Waals surface area contributed by atoms with Gasteiger partial charge in [-0.25, -0.2) is 8.42 Å². The molecule has 0 spiro atoms. The molecular formula is C14H20O3S. The Morgan fingerprint density at radius 1 is 1.17 bits per heavy atom. The summed E-state index contributed by atoms with van der Waals surface area (Å²) in [7, 11) is -3.55. The summed E-state index contributed by atoms with van der Waals surface area (Å²) in [6.45, 7) is 8.77. The molecule has 100 valence electrons. The van der Waals surface area contributed by atoms with E-state index >= 15 is 0 Å². The quantitative estimate of drug-likeness (QED) is 0.847. The average molecular weight is 268 g/mol. The molecule has 0 saturated heterocycles. The molecular weight excluding hydrogens is 248 g/mol. The average Bonchev–Trinajstić information content (AvgIpc) is 2.19. The summed E-state index contributed by atoms with van der Waals surface area (Å²) in [5.74, 6) is -0.691. The van der Waals surface area contributed by atoms with Crippen LogP contribution in [0.2, 0.25) is 0 Å². The van der Waals surface area contributed by atoms with Crippen molar-refractivity contribution in [1.82, 2.24) is 0 Å². The van der Waals surface area contributed by atoms with Gasteiger partial charge in [0.2, 0.25) is 0 Å². The Morgan fingerprint density at radius 2 is 1.72 bits per heavy atom. The first-order chi connectivity index (χ1) is 8.04. The number of sulfone groups is 1. The standard InChI is InChI=1S/C14H20O3S/c1-10-6-7-11(2)12(8-10)18(16,17)9-13(15)14(3,4)5/h6-8H,9H2,1-5H3. The molecule has 0 amide bonds. The zero-order chi connectivity index (χ0) is 14.1. The van der Waals surface area contributed by atoms with Gasteiger partial charge in [-0.3, -0.25) is 4.79 Å². The summed E-state index contributed by atoms with van der Waals surface area (Å²) >= 11 is 0. The van der Waals surface area contributed by atoms with Crippen LogP contribution in [0, 0.1) is 19.3 Å². The number of rotatable bonds is 3. The molecule has 18 heavy (non-hydrogen) atoms. The molecule has 0 aliphatic heterocycles. The van der Waals surface area contributed by atoms with Gasteiger partial charge in [-0.1, -0.05) is 32.9 Å². The molecule has 0 aliphatic rings. The normalized spacial score (nSPS) is 12.5. The zero-order valence-corrected chi connectivity index (χ0v) is 12.4. The molecule has 1 rings (SSSR count). The smallest absolute Gasteiger partial charge is 0.185 e. The van der Waals surface area contributed by atoms with Crippen LogP contribution in [-0.4, -0.2) is 20.0 Å². The molecule has 3 nitrogen and oxygen atoms in total. The maximum absolute atomic E-state index is 12.2. The lowest BCUT2D eigenvalue weighted by atomic mass is 9.92.